The highest BCUT2D eigenvalue weighted by molar-refractivity contribution is 6.01. The number of aryl methyl sites for hydroxylation is 1. The molecule has 0 bridgehead atoms. The van der Waals surface area contributed by atoms with Gasteiger partial charge in [0.1, 0.15) is 17.3 Å². The van der Waals surface area contributed by atoms with Crippen molar-refractivity contribution in [3.63, 3.8) is 0 Å². The summed E-state index contributed by atoms with van der Waals surface area (Å²) in [6.45, 7) is 3.60. The fourth-order valence-electron chi connectivity index (χ4n) is 2.90. The van der Waals surface area contributed by atoms with E-state index in [2.05, 4.69) is 15.3 Å². The predicted octanol–water partition coefficient (Wildman–Crippen LogP) is 3.42. The van der Waals surface area contributed by atoms with Crippen molar-refractivity contribution in [2.24, 2.45) is 0 Å². The summed E-state index contributed by atoms with van der Waals surface area (Å²) in [5.41, 5.74) is 1.50. The number of hydrogen-bond donors (Lipinski definition) is 1. The molecule has 3 rings (SSSR count). The number of benzene rings is 1. The summed E-state index contributed by atoms with van der Waals surface area (Å²) < 4.78 is 21.3. The van der Waals surface area contributed by atoms with Gasteiger partial charge in [0.25, 0.3) is 5.91 Å². The smallest absolute Gasteiger partial charge is 0.341 e. The summed E-state index contributed by atoms with van der Waals surface area (Å²) in [6, 6.07) is 8.74. The molecule has 0 aliphatic rings. The minimum Gasteiger partial charge on any atom is -0.497 e. The van der Waals surface area contributed by atoms with Gasteiger partial charge >= 0.3 is 5.97 Å². The Labute approximate surface area is 179 Å². The van der Waals surface area contributed by atoms with Gasteiger partial charge in [-0.25, -0.2) is 14.8 Å². The number of nitrogens with one attached hydrogen (secondary N) is 1. The van der Waals surface area contributed by atoms with E-state index in [0.29, 0.717) is 29.4 Å². The first-order valence-electron chi connectivity index (χ1n) is 9.56. The lowest BCUT2D eigenvalue weighted by molar-refractivity contribution is 0.0524. The van der Waals surface area contributed by atoms with Crippen molar-refractivity contribution in [3.8, 4) is 11.5 Å². The van der Waals surface area contributed by atoms with Crippen molar-refractivity contribution in [1.29, 1.82) is 0 Å². The van der Waals surface area contributed by atoms with E-state index >= 15 is 0 Å². The Bertz CT molecular complexity index is 1090. The molecule has 0 aliphatic carbocycles. The molecule has 1 N–H and O–H groups in total. The third-order valence-electron chi connectivity index (χ3n) is 4.44. The molecule has 9 heteroatoms. The van der Waals surface area contributed by atoms with Gasteiger partial charge in [0.15, 0.2) is 5.76 Å². The number of anilines is 1. The Kier molecular flexibility index (Phi) is 6.86. The molecule has 0 atom stereocenters. The number of furan rings is 1. The third kappa shape index (κ3) is 5.19. The quantitative estimate of drug-likeness (QED) is 0.546. The highest BCUT2D eigenvalue weighted by Gasteiger charge is 2.17. The summed E-state index contributed by atoms with van der Waals surface area (Å²) in [4.78, 5) is 32.5. The molecule has 162 valence electrons. The van der Waals surface area contributed by atoms with Gasteiger partial charge in [-0.05, 0) is 44.2 Å². The zero-order valence-corrected chi connectivity index (χ0v) is 17.7. The molecule has 9 nitrogen and oxygen atoms in total. The van der Waals surface area contributed by atoms with Crippen molar-refractivity contribution < 1.29 is 28.2 Å². The first kappa shape index (κ1) is 21.8. The van der Waals surface area contributed by atoms with Crippen LogP contribution in [0.4, 0.5) is 5.95 Å². The van der Waals surface area contributed by atoms with Gasteiger partial charge < -0.3 is 18.6 Å². The van der Waals surface area contributed by atoms with Gasteiger partial charge in [-0.1, -0.05) is 0 Å². The Hall–Kier alpha value is -3.88. The van der Waals surface area contributed by atoms with Crippen LogP contribution in [0, 0.1) is 6.92 Å². The van der Waals surface area contributed by atoms with Gasteiger partial charge in [-0.2, -0.15) is 0 Å². The Morgan fingerprint density at radius 3 is 2.61 bits per heavy atom. The highest BCUT2D eigenvalue weighted by atomic mass is 16.5. The van der Waals surface area contributed by atoms with E-state index in [9.17, 15) is 9.59 Å². The zero-order chi connectivity index (χ0) is 22.4. The maximum atomic E-state index is 12.5. The maximum absolute atomic E-state index is 12.5. The molecular formula is C22H23N3O6. The number of aromatic nitrogens is 2. The van der Waals surface area contributed by atoms with Crippen molar-refractivity contribution >= 4 is 17.8 Å². The third-order valence-corrected chi connectivity index (χ3v) is 4.44. The van der Waals surface area contributed by atoms with Gasteiger partial charge in [0.05, 0.1) is 32.1 Å². The van der Waals surface area contributed by atoms with Crippen LogP contribution in [-0.4, -0.2) is 42.7 Å². The van der Waals surface area contributed by atoms with Crippen LogP contribution in [0.1, 0.15) is 44.9 Å². The summed E-state index contributed by atoms with van der Waals surface area (Å²) in [7, 11) is 3.17. The monoisotopic (exact) mass is 425 g/mol. The Morgan fingerprint density at radius 1 is 1.13 bits per heavy atom. The molecule has 2 aromatic heterocycles. The number of nitrogens with zero attached hydrogens (tertiary/aromatic N) is 2. The standard InChI is InChI=1S/C22H23N3O6/c1-5-30-21(27)17-12-23-22(24-13(17)2)25-20(26)19-9-7-16(31-19)11-14-10-15(28-3)6-8-18(14)29-4/h6-10,12H,5,11H2,1-4H3,(H,23,24,25,26). The number of esters is 1. The normalized spacial score (nSPS) is 10.5. The lowest BCUT2D eigenvalue weighted by atomic mass is 10.1. The Morgan fingerprint density at radius 2 is 1.94 bits per heavy atom. The first-order valence-corrected chi connectivity index (χ1v) is 9.56. The van der Waals surface area contributed by atoms with E-state index in [4.69, 9.17) is 18.6 Å². The fourth-order valence-corrected chi connectivity index (χ4v) is 2.90. The second kappa shape index (κ2) is 9.75. The molecule has 0 spiro atoms. The summed E-state index contributed by atoms with van der Waals surface area (Å²) >= 11 is 0. The lowest BCUT2D eigenvalue weighted by Gasteiger charge is -2.09. The van der Waals surface area contributed by atoms with Crippen LogP contribution < -0.4 is 14.8 Å². The summed E-state index contributed by atoms with van der Waals surface area (Å²) in [5.74, 6) is 1.10. The van der Waals surface area contributed by atoms with Crippen LogP contribution in [0.15, 0.2) is 40.9 Å². The minimum atomic E-state index is -0.512. The molecule has 0 unspecified atom stereocenters. The molecule has 3 aromatic rings. The second-order valence-corrected chi connectivity index (χ2v) is 6.49. The molecule has 0 saturated carbocycles. The topological polar surface area (TPSA) is 113 Å². The van der Waals surface area contributed by atoms with E-state index in [1.165, 1.54) is 6.20 Å². The SMILES string of the molecule is CCOC(=O)c1cnc(NC(=O)c2ccc(Cc3cc(OC)ccc3OC)o2)nc1C. The van der Waals surface area contributed by atoms with Crippen LogP contribution in [0.2, 0.25) is 0 Å². The number of carbonyl (C=O) groups is 2. The number of methoxy groups -OCH3 is 2. The fraction of sp³-hybridized carbons (Fsp3) is 0.273. The molecular weight excluding hydrogens is 402 g/mol. The van der Waals surface area contributed by atoms with Crippen molar-refractivity contribution in [1.82, 2.24) is 9.97 Å². The number of ether oxygens (including phenoxy) is 3. The molecule has 1 aromatic carbocycles. The summed E-state index contributed by atoms with van der Waals surface area (Å²) in [5, 5.41) is 2.56. The van der Waals surface area contributed by atoms with Crippen LogP contribution in [0.25, 0.3) is 0 Å². The number of carbonyl (C=O) groups excluding carboxylic acids is 2. The number of rotatable bonds is 8. The van der Waals surface area contributed by atoms with Gasteiger partial charge in [0, 0.05) is 18.2 Å². The van der Waals surface area contributed by atoms with Crippen molar-refractivity contribution in [3.05, 3.63) is 64.9 Å². The number of amides is 1. The molecule has 2 heterocycles. The predicted molar refractivity (Wildman–Crippen MR) is 112 cm³/mol. The van der Waals surface area contributed by atoms with Gasteiger partial charge in [-0.15, -0.1) is 0 Å². The van der Waals surface area contributed by atoms with Gasteiger partial charge in [-0.3, -0.25) is 10.1 Å². The van der Waals surface area contributed by atoms with Crippen molar-refractivity contribution in [2.75, 3.05) is 26.1 Å². The average molecular weight is 425 g/mol. The lowest BCUT2D eigenvalue weighted by Crippen LogP contribution is -2.15. The highest BCUT2D eigenvalue weighted by Crippen LogP contribution is 2.27. The largest absolute Gasteiger partial charge is 0.497 e. The summed E-state index contributed by atoms with van der Waals surface area (Å²) in [6.07, 6.45) is 1.73. The van der Waals surface area contributed by atoms with Gasteiger partial charge in [0.2, 0.25) is 5.95 Å². The second-order valence-electron chi connectivity index (χ2n) is 6.49. The molecule has 0 aliphatic heterocycles. The van der Waals surface area contributed by atoms with Crippen LogP contribution in [0.5, 0.6) is 11.5 Å². The van der Waals surface area contributed by atoms with E-state index in [-0.39, 0.29) is 23.9 Å². The van der Waals surface area contributed by atoms with Crippen LogP contribution >= 0.6 is 0 Å². The van der Waals surface area contributed by atoms with Crippen molar-refractivity contribution in [2.45, 2.75) is 20.3 Å². The molecule has 1 amide bonds. The molecule has 0 saturated heterocycles. The van der Waals surface area contributed by atoms with E-state index < -0.39 is 11.9 Å². The molecule has 0 radical (unpaired) electrons. The number of hydrogen-bond acceptors (Lipinski definition) is 8. The molecule has 31 heavy (non-hydrogen) atoms. The zero-order valence-electron chi connectivity index (χ0n) is 17.7. The minimum absolute atomic E-state index is 0.0583. The Balaban J connectivity index is 1.71. The molecule has 0 fully saturated rings. The van der Waals surface area contributed by atoms with E-state index in [1.54, 1.807) is 46.3 Å². The average Bonchev–Trinajstić information content (AvgIpc) is 3.22. The van der Waals surface area contributed by atoms with Crippen LogP contribution in [0.3, 0.4) is 0 Å². The maximum Gasteiger partial charge on any atom is 0.341 e. The van der Waals surface area contributed by atoms with E-state index in [1.807, 2.05) is 12.1 Å². The first-order chi connectivity index (χ1) is 14.9. The van der Waals surface area contributed by atoms with E-state index in [0.717, 1.165) is 5.56 Å². The van der Waals surface area contributed by atoms with Crippen LogP contribution in [-0.2, 0) is 11.2 Å².